The van der Waals surface area contributed by atoms with Gasteiger partial charge in [0.05, 0.1) is 23.1 Å². The molecule has 2 aromatic carbocycles. The molecule has 3 aromatic rings. The summed E-state index contributed by atoms with van der Waals surface area (Å²) in [6.07, 6.45) is 8.00. The van der Waals surface area contributed by atoms with Crippen LogP contribution in [0.25, 0.3) is 22.2 Å². The van der Waals surface area contributed by atoms with Gasteiger partial charge in [-0.3, -0.25) is 9.59 Å². The maximum Gasteiger partial charge on any atom is 0.335 e. The number of hydrogen-bond acceptors (Lipinski definition) is 3. The molecule has 0 radical (unpaired) electrons. The number of primary amides is 1. The second-order valence-electron chi connectivity index (χ2n) is 11.3. The molecule has 1 aliphatic carbocycles. The van der Waals surface area contributed by atoms with Gasteiger partial charge in [0.1, 0.15) is 0 Å². The molecule has 0 spiro atoms. The summed E-state index contributed by atoms with van der Waals surface area (Å²) in [5.41, 5.74) is 11.5. The van der Waals surface area contributed by atoms with Gasteiger partial charge in [-0.2, -0.15) is 0 Å². The lowest BCUT2D eigenvalue weighted by Crippen LogP contribution is -2.47. The number of benzene rings is 2. The minimum absolute atomic E-state index is 0.0501. The average Bonchev–Trinajstić information content (AvgIpc) is 3.15. The van der Waals surface area contributed by atoms with Gasteiger partial charge in [-0.15, -0.1) is 0 Å². The summed E-state index contributed by atoms with van der Waals surface area (Å²) in [4.78, 5) is 39.7. The zero-order valence-electron chi connectivity index (χ0n) is 21.7. The number of aromatic nitrogens is 1. The molecular weight excluding hydrogens is 478 g/mol. The number of likely N-dealkylation sites (tertiary alicyclic amines) is 1. The minimum Gasteiger partial charge on any atom is -0.478 e. The molecule has 1 saturated heterocycles. The minimum atomic E-state index is -0.950. The van der Waals surface area contributed by atoms with E-state index in [0.717, 1.165) is 53.4 Å². The second-order valence-corrected chi connectivity index (χ2v) is 11.3. The summed E-state index contributed by atoms with van der Waals surface area (Å²) in [5.74, 6) is -1.44. The third kappa shape index (κ3) is 4.28. The predicted molar refractivity (Wildman–Crippen MR) is 146 cm³/mol. The van der Waals surface area contributed by atoms with E-state index in [1.807, 2.05) is 17.0 Å². The SMILES string of the molecule is NC(=O)C1CCCN(C(=O)C2Cc3ccccc3-c3c(C4CCCCC4)c4ccc(C(=O)O)cc4n3C2)C1. The van der Waals surface area contributed by atoms with Crippen LogP contribution in [-0.2, 0) is 22.6 Å². The van der Waals surface area contributed by atoms with E-state index >= 15 is 0 Å². The first-order chi connectivity index (χ1) is 18.4. The van der Waals surface area contributed by atoms with Crippen molar-refractivity contribution < 1.29 is 19.5 Å². The lowest BCUT2D eigenvalue weighted by Gasteiger charge is -2.33. The third-order valence-corrected chi connectivity index (χ3v) is 8.99. The highest BCUT2D eigenvalue weighted by atomic mass is 16.4. The molecule has 2 unspecified atom stereocenters. The standard InChI is InChI=1S/C31H35N3O4/c32-29(35)22-10-6-14-33(17-22)30(36)23-15-20-9-4-5-11-24(20)28-27(19-7-2-1-3-8-19)25-13-12-21(31(37)38)16-26(25)34(28)18-23/h4-5,9,11-13,16,19,22-23H,1-3,6-8,10,14-15,17-18H2,(H2,32,35)(H,37,38). The molecule has 2 atom stereocenters. The van der Waals surface area contributed by atoms with Crippen LogP contribution in [0.5, 0.6) is 0 Å². The second kappa shape index (κ2) is 9.93. The molecule has 7 nitrogen and oxygen atoms in total. The number of carboxylic acid groups (broad SMARTS) is 1. The number of nitrogens with zero attached hydrogens (tertiary/aromatic N) is 2. The Morgan fingerprint density at radius 1 is 0.895 bits per heavy atom. The Morgan fingerprint density at radius 3 is 2.45 bits per heavy atom. The fraction of sp³-hybridized carbons (Fsp3) is 0.452. The summed E-state index contributed by atoms with van der Waals surface area (Å²) < 4.78 is 2.23. The molecule has 3 N–H and O–H groups in total. The van der Waals surface area contributed by atoms with Crippen LogP contribution in [0, 0.1) is 11.8 Å². The highest BCUT2D eigenvalue weighted by Crippen LogP contribution is 2.46. The average molecular weight is 514 g/mol. The predicted octanol–water partition coefficient (Wildman–Crippen LogP) is 4.95. The van der Waals surface area contributed by atoms with Gasteiger partial charge >= 0.3 is 5.97 Å². The van der Waals surface area contributed by atoms with Crippen LogP contribution in [0.2, 0.25) is 0 Å². The van der Waals surface area contributed by atoms with Gasteiger partial charge in [-0.1, -0.05) is 49.6 Å². The third-order valence-electron chi connectivity index (χ3n) is 8.99. The first-order valence-electron chi connectivity index (χ1n) is 14.0. The quantitative estimate of drug-likeness (QED) is 0.515. The molecule has 6 rings (SSSR count). The van der Waals surface area contributed by atoms with Crippen molar-refractivity contribution >= 4 is 28.7 Å². The topological polar surface area (TPSA) is 106 Å². The van der Waals surface area contributed by atoms with Crippen molar-refractivity contribution in [1.29, 1.82) is 0 Å². The van der Waals surface area contributed by atoms with Crippen LogP contribution in [0.4, 0.5) is 0 Å². The number of carbonyl (C=O) groups is 3. The highest BCUT2D eigenvalue weighted by molar-refractivity contribution is 5.99. The fourth-order valence-corrected chi connectivity index (χ4v) is 7.11. The largest absolute Gasteiger partial charge is 0.478 e. The van der Waals surface area contributed by atoms with Gasteiger partial charge in [0, 0.05) is 36.1 Å². The van der Waals surface area contributed by atoms with Crippen LogP contribution in [0.3, 0.4) is 0 Å². The monoisotopic (exact) mass is 513 g/mol. The Kier molecular flexibility index (Phi) is 6.46. The lowest BCUT2D eigenvalue weighted by molar-refractivity contribution is -0.139. The van der Waals surface area contributed by atoms with Crippen molar-refractivity contribution in [3.63, 3.8) is 0 Å². The zero-order valence-corrected chi connectivity index (χ0v) is 21.7. The Bertz CT molecular complexity index is 1420. The molecule has 3 aliphatic rings. The number of amides is 2. The van der Waals surface area contributed by atoms with Gasteiger partial charge in [0.25, 0.3) is 0 Å². The van der Waals surface area contributed by atoms with Crippen LogP contribution in [-0.4, -0.2) is 45.4 Å². The van der Waals surface area contributed by atoms with Crippen LogP contribution in [0.1, 0.15) is 72.3 Å². The van der Waals surface area contributed by atoms with Gasteiger partial charge in [0.2, 0.25) is 11.8 Å². The van der Waals surface area contributed by atoms with E-state index in [0.29, 0.717) is 32.0 Å². The Labute approximate surface area is 222 Å². The van der Waals surface area contributed by atoms with Gasteiger partial charge in [0.15, 0.2) is 0 Å². The Hall–Kier alpha value is -3.61. The number of aromatic carboxylic acids is 1. The van der Waals surface area contributed by atoms with Crippen LogP contribution in [0.15, 0.2) is 42.5 Å². The maximum absolute atomic E-state index is 14.0. The Balaban J connectivity index is 1.51. The number of piperidine rings is 1. The molecule has 2 amide bonds. The molecule has 1 aromatic heterocycles. The van der Waals surface area contributed by atoms with Crippen molar-refractivity contribution in [3.8, 4) is 11.3 Å². The Morgan fingerprint density at radius 2 is 1.68 bits per heavy atom. The maximum atomic E-state index is 14.0. The van der Waals surface area contributed by atoms with E-state index in [-0.39, 0.29) is 29.2 Å². The lowest BCUT2D eigenvalue weighted by atomic mass is 9.81. The smallest absolute Gasteiger partial charge is 0.335 e. The molecule has 2 aliphatic heterocycles. The van der Waals surface area contributed by atoms with E-state index in [9.17, 15) is 19.5 Å². The van der Waals surface area contributed by atoms with Crippen LogP contribution >= 0.6 is 0 Å². The van der Waals surface area contributed by atoms with Crippen molar-refractivity contribution in [1.82, 2.24) is 9.47 Å². The molecule has 0 bridgehead atoms. The number of carboxylic acids is 1. The van der Waals surface area contributed by atoms with Crippen molar-refractivity contribution in [3.05, 3.63) is 59.2 Å². The summed E-state index contributed by atoms with van der Waals surface area (Å²) in [6.45, 7) is 1.49. The normalized spacial score (nSPS) is 21.9. The molecule has 198 valence electrons. The molecule has 2 fully saturated rings. The summed E-state index contributed by atoms with van der Waals surface area (Å²) in [7, 11) is 0. The molecular formula is C31H35N3O4. The van der Waals surface area contributed by atoms with Crippen LogP contribution < -0.4 is 5.73 Å². The van der Waals surface area contributed by atoms with E-state index in [4.69, 9.17) is 5.73 Å². The zero-order chi connectivity index (χ0) is 26.4. The number of hydrogen-bond donors (Lipinski definition) is 2. The first kappa shape index (κ1) is 24.7. The van der Waals surface area contributed by atoms with E-state index in [2.05, 4.69) is 22.8 Å². The van der Waals surface area contributed by atoms with E-state index in [1.165, 1.54) is 24.8 Å². The van der Waals surface area contributed by atoms with Crippen molar-refractivity contribution in [2.24, 2.45) is 17.6 Å². The summed E-state index contributed by atoms with van der Waals surface area (Å²) >= 11 is 0. The number of rotatable bonds is 4. The molecule has 3 heterocycles. The first-order valence-corrected chi connectivity index (χ1v) is 14.0. The fourth-order valence-electron chi connectivity index (χ4n) is 7.11. The summed E-state index contributed by atoms with van der Waals surface area (Å²) in [6, 6.07) is 13.8. The number of carbonyl (C=O) groups excluding carboxylic acids is 2. The van der Waals surface area contributed by atoms with E-state index < -0.39 is 5.97 Å². The molecule has 7 heteroatoms. The van der Waals surface area contributed by atoms with Gasteiger partial charge < -0.3 is 20.3 Å². The number of nitrogens with two attached hydrogens (primary N) is 1. The van der Waals surface area contributed by atoms with Gasteiger partial charge in [-0.25, -0.2) is 4.79 Å². The molecule has 38 heavy (non-hydrogen) atoms. The van der Waals surface area contributed by atoms with E-state index in [1.54, 1.807) is 12.1 Å². The van der Waals surface area contributed by atoms with Gasteiger partial charge in [-0.05, 0) is 61.3 Å². The highest BCUT2D eigenvalue weighted by Gasteiger charge is 2.36. The van der Waals surface area contributed by atoms with Crippen molar-refractivity contribution in [2.45, 2.75) is 63.8 Å². The molecule has 1 saturated carbocycles. The number of fused-ring (bicyclic) bond motifs is 5. The van der Waals surface area contributed by atoms with Crippen molar-refractivity contribution in [2.75, 3.05) is 13.1 Å². The summed E-state index contributed by atoms with van der Waals surface area (Å²) in [5, 5.41) is 10.9.